The van der Waals surface area contributed by atoms with E-state index in [1.54, 1.807) is 0 Å². The van der Waals surface area contributed by atoms with Crippen LogP contribution < -0.4 is 5.73 Å². The van der Waals surface area contributed by atoms with Crippen LogP contribution in [0.25, 0.3) is 0 Å². The third-order valence-electron chi connectivity index (χ3n) is 3.83. The quantitative estimate of drug-likeness (QED) is 0.761. The monoisotopic (exact) mass is 255 g/mol. The molecule has 18 heavy (non-hydrogen) atoms. The van der Waals surface area contributed by atoms with E-state index in [1.807, 2.05) is 16.7 Å². The van der Waals surface area contributed by atoms with Gasteiger partial charge in [0.1, 0.15) is 0 Å². The average Bonchev–Trinajstić information content (AvgIpc) is 2.67. The Hall–Kier alpha value is -0.810. The number of likely N-dealkylation sites (tertiary alicyclic amines) is 1. The lowest BCUT2D eigenvalue weighted by Crippen LogP contribution is -2.54. The van der Waals surface area contributed by atoms with E-state index in [2.05, 4.69) is 0 Å². The maximum absolute atomic E-state index is 12.4. The van der Waals surface area contributed by atoms with Crippen molar-refractivity contribution in [3.05, 3.63) is 0 Å². The van der Waals surface area contributed by atoms with Crippen LogP contribution in [0.15, 0.2) is 0 Å². The van der Waals surface area contributed by atoms with Gasteiger partial charge < -0.3 is 20.3 Å². The summed E-state index contributed by atoms with van der Waals surface area (Å²) in [5, 5.41) is 0. The van der Waals surface area contributed by atoms with Crippen LogP contribution in [-0.2, 0) is 4.74 Å². The molecule has 2 aliphatic rings. The van der Waals surface area contributed by atoms with Crippen LogP contribution in [0.2, 0.25) is 0 Å². The number of carbonyl (C=O) groups excluding carboxylic acids is 1. The zero-order valence-corrected chi connectivity index (χ0v) is 11.3. The number of carbonyl (C=O) groups is 1. The first-order chi connectivity index (χ1) is 8.68. The zero-order valence-electron chi connectivity index (χ0n) is 11.3. The van der Waals surface area contributed by atoms with Crippen molar-refractivity contribution in [3.63, 3.8) is 0 Å². The first kappa shape index (κ1) is 13.6. The molecule has 0 aliphatic carbocycles. The number of nitrogens with two attached hydrogens (primary N) is 1. The van der Waals surface area contributed by atoms with E-state index < -0.39 is 0 Å². The van der Waals surface area contributed by atoms with Crippen LogP contribution in [0, 0.1) is 0 Å². The molecular formula is C13H25N3O2. The number of ether oxygens (including phenoxy) is 1. The normalized spacial score (nSPS) is 27.8. The Bertz CT molecular complexity index is 275. The fourth-order valence-electron chi connectivity index (χ4n) is 2.63. The van der Waals surface area contributed by atoms with Gasteiger partial charge in [0.25, 0.3) is 0 Å². The summed E-state index contributed by atoms with van der Waals surface area (Å²) in [6.07, 6.45) is 4.74. The molecule has 2 saturated heterocycles. The van der Waals surface area contributed by atoms with Gasteiger partial charge in [0.15, 0.2) is 0 Å². The highest BCUT2D eigenvalue weighted by Crippen LogP contribution is 2.14. The first-order valence-corrected chi connectivity index (χ1v) is 7.09. The van der Waals surface area contributed by atoms with Gasteiger partial charge in [-0.25, -0.2) is 4.79 Å². The van der Waals surface area contributed by atoms with E-state index in [-0.39, 0.29) is 18.2 Å². The summed E-state index contributed by atoms with van der Waals surface area (Å²) in [4.78, 5) is 16.3. The van der Waals surface area contributed by atoms with Crippen LogP contribution in [0.3, 0.4) is 0 Å². The van der Waals surface area contributed by atoms with Gasteiger partial charge in [-0.3, -0.25) is 0 Å². The van der Waals surface area contributed by atoms with E-state index in [9.17, 15) is 4.79 Å². The van der Waals surface area contributed by atoms with Crippen LogP contribution in [-0.4, -0.2) is 60.8 Å². The van der Waals surface area contributed by atoms with Crippen LogP contribution in [0.4, 0.5) is 4.79 Å². The molecule has 2 aliphatic heterocycles. The Morgan fingerprint density at radius 1 is 1.17 bits per heavy atom. The average molecular weight is 255 g/mol. The number of hydrogen-bond acceptors (Lipinski definition) is 3. The SMILES string of the molecule is CC(N)C1CN(C(=O)N2CCCCCC2)CCO1. The summed E-state index contributed by atoms with van der Waals surface area (Å²) in [6, 6.07) is 0.149. The number of hydrogen-bond donors (Lipinski definition) is 1. The van der Waals surface area contributed by atoms with Gasteiger partial charge in [0.05, 0.1) is 19.3 Å². The second kappa shape index (κ2) is 6.38. The summed E-state index contributed by atoms with van der Waals surface area (Å²) in [6.45, 7) is 5.67. The molecular weight excluding hydrogens is 230 g/mol. The molecule has 2 heterocycles. The van der Waals surface area contributed by atoms with E-state index in [0.29, 0.717) is 19.7 Å². The molecule has 2 amide bonds. The van der Waals surface area contributed by atoms with Gasteiger partial charge in [0.2, 0.25) is 0 Å². The third-order valence-corrected chi connectivity index (χ3v) is 3.83. The molecule has 5 nitrogen and oxygen atoms in total. The molecule has 2 N–H and O–H groups in total. The number of amides is 2. The van der Waals surface area contributed by atoms with Gasteiger partial charge in [0, 0.05) is 25.7 Å². The molecule has 104 valence electrons. The predicted octanol–water partition coefficient (Wildman–Crippen LogP) is 1.03. The summed E-state index contributed by atoms with van der Waals surface area (Å²) in [7, 11) is 0. The Kier molecular flexibility index (Phi) is 4.83. The lowest BCUT2D eigenvalue weighted by atomic mass is 10.1. The smallest absolute Gasteiger partial charge is 0.320 e. The molecule has 0 spiro atoms. The van der Waals surface area contributed by atoms with Crippen LogP contribution in [0.1, 0.15) is 32.6 Å². The molecule has 0 aromatic rings. The minimum Gasteiger partial charge on any atom is -0.373 e. The highest BCUT2D eigenvalue weighted by atomic mass is 16.5. The maximum atomic E-state index is 12.4. The van der Waals surface area contributed by atoms with Gasteiger partial charge in [-0.15, -0.1) is 0 Å². The lowest BCUT2D eigenvalue weighted by molar-refractivity contribution is -0.0282. The second-order valence-corrected chi connectivity index (χ2v) is 5.40. The summed E-state index contributed by atoms with van der Waals surface area (Å²) >= 11 is 0. The highest BCUT2D eigenvalue weighted by Gasteiger charge is 2.29. The topological polar surface area (TPSA) is 58.8 Å². The fourth-order valence-corrected chi connectivity index (χ4v) is 2.63. The van der Waals surface area contributed by atoms with Crippen molar-refractivity contribution in [2.45, 2.75) is 44.8 Å². The number of urea groups is 1. The molecule has 5 heteroatoms. The molecule has 0 bridgehead atoms. The summed E-state index contributed by atoms with van der Waals surface area (Å²) in [5.74, 6) is 0. The van der Waals surface area contributed by atoms with Crippen molar-refractivity contribution in [2.75, 3.05) is 32.8 Å². The second-order valence-electron chi connectivity index (χ2n) is 5.40. The van der Waals surface area contributed by atoms with Crippen molar-refractivity contribution in [3.8, 4) is 0 Å². The van der Waals surface area contributed by atoms with Crippen molar-refractivity contribution in [2.24, 2.45) is 5.73 Å². The summed E-state index contributed by atoms with van der Waals surface area (Å²) < 4.78 is 5.59. The number of morpholine rings is 1. The molecule has 2 unspecified atom stereocenters. The van der Waals surface area contributed by atoms with E-state index in [1.165, 1.54) is 12.8 Å². The van der Waals surface area contributed by atoms with Crippen molar-refractivity contribution in [1.29, 1.82) is 0 Å². The van der Waals surface area contributed by atoms with Crippen molar-refractivity contribution < 1.29 is 9.53 Å². The largest absolute Gasteiger partial charge is 0.373 e. The molecule has 2 rings (SSSR count). The summed E-state index contributed by atoms with van der Waals surface area (Å²) in [5.41, 5.74) is 5.86. The van der Waals surface area contributed by atoms with Crippen molar-refractivity contribution in [1.82, 2.24) is 9.80 Å². The molecule has 0 aromatic heterocycles. The van der Waals surface area contributed by atoms with Crippen molar-refractivity contribution >= 4 is 6.03 Å². The Balaban J connectivity index is 1.90. The van der Waals surface area contributed by atoms with Gasteiger partial charge in [-0.05, 0) is 19.8 Å². The van der Waals surface area contributed by atoms with E-state index >= 15 is 0 Å². The van der Waals surface area contributed by atoms with E-state index in [0.717, 1.165) is 25.9 Å². The lowest BCUT2D eigenvalue weighted by Gasteiger charge is -2.37. The van der Waals surface area contributed by atoms with Crippen LogP contribution >= 0.6 is 0 Å². The van der Waals surface area contributed by atoms with E-state index in [4.69, 9.17) is 10.5 Å². The van der Waals surface area contributed by atoms with Gasteiger partial charge in [-0.1, -0.05) is 12.8 Å². The Labute approximate surface area is 109 Å². The maximum Gasteiger partial charge on any atom is 0.320 e. The molecule has 0 saturated carbocycles. The van der Waals surface area contributed by atoms with Crippen LogP contribution in [0.5, 0.6) is 0 Å². The number of rotatable bonds is 1. The van der Waals surface area contributed by atoms with Gasteiger partial charge in [-0.2, -0.15) is 0 Å². The molecule has 0 aromatic carbocycles. The molecule has 2 atom stereocenters. The number of nitrogens with zero attached hydrogens (tertiary/aromatic N) is 2. The first-order valence-electron chi connectivity index (χ1n) is 7.09. The molecule has 0 radical (unpaired) electrons. The van der Waals surface area contributed by atoms with Gasteiger partial charge >= 0.3 is 6.03 Å². The minimum atomic E-state index is -0.0234. The standard InChI is InChI=1S/C13H25N3O2/c1-11(14)12-10-16(8-9-18-12)13(17)15-6-4-2-3-5-7-15/h11-12H,2-10,14H2,1H3. The zero-order chi connectivity index (χ0) is 13.0. The fraction of sp³-hybridized carbons (Fsp3) is 0.923. The molecule has 2 fully saturated rings. The third kappa shape index (κ3) is 3.36. The minimum absolute atomic E-state index is 0.0188. The Morgan fingerprint density at radius 3 is 2.44 bits per heavy atom. The Morgan fingerprint density at radius 2 is 1.83 bits per heavy atom. The highest BCUT2D eigenvalue weighted by molar-refractivity contribution is 5.74. The predicted molar refractivity (Wildman–Crippen MR) is 70.4 cm³/mol.